The summed E-state index contributed by atoms with van der Waals surface area (Å²) in [6.07, 6.45) is 3.43. The van der Waals surface area contributed by atoms with Gasteiger partial charge in [0.2, 0.25) is 0 Å². The molecule has 0 unspecified atom stereocenters. The number of anilines is 2. The van der Waals surface area contributed by atoms with Gasteiger partial charge in [0.25, 0.3) is 5.56 Å². The van der Waals surface area contributed by atoms with Crippen LogP contribution in [0.1, 0.15) is 28.1 Å². The largest absolute Gasteiger partial charge is 0.339 e. The van der Waals surface area contributed by atoms with E-state index in [0.717, 1.165) is 11.1 Å². The minimum Gasteiger partial charge on any atom is -0.339 e. The Kier molecular flexibility index (Phi) is 6.20. The van der Waals surface area contributed by atoms with Crippen molar-refractivity contribution in [3.05, 3.63) is 123 Å². The van der Waals surface area contributed by atoms with Gasteiger partial charge in [-0.3, -0.25) is 9.36 Å². The van der Waals surface area contributed by atoms with Crippen LogP contribution >= 0.6 is 0 Å². The molecule has 3 aromatic heterocycles. The third-order valence-electron chi connectivity index (χ3n) is 6.32. The number of aromatic nitrogens is 3. The lowest BCUT2D eigenvalue weighted by atomic mass is 10.00. The Morgan fingerprint density at radius 1 is 0.946 bits per heavy atom. The number of aryl methyl sites for hydroxylation is 1. The van der Waals surface area contributed by atoms with Crippen LogP contribution in [0, 0.1) is 36.8 Å². The number of fused-ring (bicyclic) bond motifs is 1. The predicted octanol–water partition coefficient (Wildman–Crippen LogP) is 5.88. The number of nitrogens with zero attached hydrogens (tertiary/aromatic N) is 4. The van der Waals surface area contributed by atoms with Crippen LogP contribution in [-0.2, 0) is 6.42 Å². The SMILES string of the molecule is Cc1c(Cc2ccc(Nc3nccc4cc(C)n(-c5ccc(F)cc5)c(=O)c34)cc2F)ccnc1C#N. The van der Waals surface area contributed by atoms with Crippen LogP contribution in [0.5, 0.6) is 0 Å². The fourth-order valence-electron chi connectivity index (χ4n) is 4.38. The maximum absolute atomic E-state index is 15.1. The second-order valence-corrected chi connectivity index (χ2v) is 8.69. The zero-order valence-corrected chi connectivity index (χ0v) is 20.1. The molecule has 0 aliphatic rings. The maximum Gasteiger partial charge on any atom is 0.266 e. The van der Waals surface area contributed by atoms with E-state index in [2.05, 4.69) is 15.3 Å². The molecule has 1 N–H and O–H groups in total. The monoisotopic (exact) mass is 493 g/mol. The van der Waals surface area contributed by atoms with Gasteiger partial charge in [-0.25, -0.2) is 18.7 Å². The summed E-state index contributed by atoms with van der Waals surface area (Å²) in [6.45, 7) is 3.59. The average molecular weight is 494 g/mol. The van der Waals surface area contributed by atoms with Crippen LogP contribution in [0.4, 0.5) is 20.3 Å². The number of halogens is 2. The van der Waals surface area contributed by atoms with Gasteiger partial charge in [-0.05, 0) is 90.5 Å². The van der Waals surface area contributed by atoms with E-state index in [1.54, 1.807) is 50.5 Å². The van der Waals surface area contributed by atoms with Crippen LogP contribution in [-0.4, -0.2) is 14.5 Å². The van der Waals surface area contributed by atoms with Gasteiger partial charge in [-0.1, -0.05) is 6.07 Å². The Hall–Kier alpha value is -4.90. The third kappa shape index (κ3) is 4.55. The second kappa shape index (κ2) is 9.63. The molecule has 0 saturated heterocycles. The molecule has 0 saturated carbocycles. The summed E-state index contributed by atoms with van der Waals surface area (Å²) in [4.78, 5) is 21.9. The Morgan fingerprint density at radius 3 is 2.43 bits per heavy atom. The molecular formula is C29H21F2N5O. The fraction of sp³-hybridized carbons (Fsp3) is 0.103. The summed E-state index contributed by atoms with van der Waals surface area (Å²) in [6, 6.07) is 17.8. The van der Waals surface area contributed by atoms with Gasteiger partial charge in [-0.15, -0.1) is 0 Å². The molecule has 0 bridgehead atoms. The average Bonchev–Trinajstić information content (AvgIpc) is 2.88. The molecule has 8 heteroatoms. The van der Waals surface area contributed by atoms with Crippen molar-refractivity contribution in [2.24, 2.45) is 0 Å². The summed E-state index contributed by atoms with van der Waals surface area (Å²) in [7, 11) is 0. The van der Waals surface area contributed by atoms with E-state index in [4.69, 9.17) is 0 Å². The lowest BCUT2D eigenvalue weighted by molar-refractivity contribution is 0.614. The van der Waals surface area contributed by atoms with Gasteiger partial charge < -0.3 is 5.32 Å². The van der Waals surface area contributed by atoms with Gasteiger partial charge >= 0.3 is 0 Å². The van der Waals surface area contributed by atoms with E-state index in [9.17, 15) is 14.4 Å². The summed E-state index contributed by atoms with van der Waals surface area (Å²) >= 11 is 0. The smallest absolute Gasteiger partial charge is 0.266 e. The van der Waals surface area contributed by atoms with Gasteiger partial charge in [0.1, 0.15) is 29.2 Å². The highest BCUT2D eigenvalue weighted by Gasteiger charge is 2.15. The summed E-state index contributed by atoms with van der Waals surface area (Å²) in [5.41, 5.74) is 3.64. The zero-order valence-electron chi connectivity index (χ0n) is 20.1. The molecule has 37 heavy (non-hydrogen) atoms. The molecule has 3 heterocycles. The van der Waals surface area contributed by atoms with E-state index in [0.29, 0.717) is 45.5 Å². The Morgan fingerprint density at radius 2 is 1.70 bits per heavy atom. The molecule has 0 aliphatic carbocycles. The van der Waals surface area contributed by atoms with Gasteiger partial charge in [-0.2, -0.15) is 5.26 Å². The minimum absolute atomic E-state index is 0.286. The number of pyridine rings is 3. The topological polar surface area (TPSA) is 83.6 Å². The number of rotatable bonds is 5. The summed E-state index contributed by atoms with van der Waals surface area (Å²) in [5.74, 6) is -0.539. The van der Waals surface area contributed by atoms with E-state index in [1.807, 2.05) is 12.1 Å². The van der Waals surface area contributed by atoms with Crippen LogP contribution in [0.3, 0.4) is 0 Å². The lowest BCUT2D eigenvalue weighted by Crippen LogP contribution is -2.21. The number of hydrogen-bond acceptors (Lipinski definition) is 5. The number of benzene rings is 2. The maximum atomic E-state index is 15.1. The second-order valence-electron chi connectivity index (χ2n) is 8.69. The first-order chi connectivity index (χ1) is 17.9. The van der Waals surface area contributed by atoms with E-state index < -0.39 is 11.6 Å². The number of nitrogens with one attached hydrogen (secondary N) is 1. The van der Waals surface area contributed by atoms with Gasteiger partial charge in [0.05, 0.1) is 5.39 Å². The molecule has 2 aromatic carbocycles. The Labute approximate surface area is 211 Å². The standard InChI is InChI=1S/C29H21F2N5O/c1-17-13-21-10-12-34-28(27(21)29(37)36(17)24-7-4-22(30)5-8-24)35-23-6-3-20(25(31)15-23)14-19-9-11-33-26(16-32)18(19)2/h3-13,15H,14H2,1-2H3,(H,34,35). The van der Waals surface area contributed by atoms with Crippen molar-refractivity contribution < 1.29 is 8.78 Å². The quantitative estimate of drug-likeness (QED) is 0.331. The molecule has 0 amide bonds. The molecular weight excluding hydrogens is 472 g/mol. The van der Waals surface area contributed by atoms with E-state index in [1.165, 1.54) is 34.9 Å². The first-order valence-electron chi connectivity index (χ1n) is 11.5. The molecule has 5 aromatic rings. The molecule has 6 nitrogen and oxygen atoms in total. The first kappa shape index (κ1) is 23.8. The molecule has 0 atom stereocenters. The van der Waals surface area contributed by atoms with Crippen LogP contribution in [0.15, 0.2) is 77.9 Å². The first-order valence-corrected chi connectivity index (χ1v) is 11.5. The third-order valence-corrected chi connectivity index (χ3v) is 6.32. The van der Waals surface area contributed by atoms with Crippen molar-refractivity contribution in [3.63, 3.8) is 0 Å². The Bertz CT molecular complexity index is 1750. The highest BCUT2D eigenvalue weighted by atomic mass is 19.1. The molecule has 0 aliphatic heterocycles. The van der Waals surface area contributed by atoms with Crippen molar-refractivity contribution in [3.8, 4) is 11.8 Å². The highest BCUT2D eigenvalue weighted by molar-refractivity contribution is 5.93. The minimum atomic E-state index is -0.431. The summed E-state index contributed by atoms with van der Waals surface area (Å²) in [5, 5.41) is 13.3. The van der Waals surface area contributed by atoms with E-state index >= 15 is 4.39 Å². The number of nitriles is 1. The molecule has 182 valence electrons. The van der Waals surface area contributed by atoms with Crippen LogP contribution in [0.2, 0.25) is 0 Å². The van der Waals surface area contributed by atoms with Crippen molar-refractivity contribution in [1.29, 1.82) is 5.26 Å². The molecule has 0 spiro atoms. The van der Waals surface area contributed by atoms with E-state index in [-0.39, 0.29) is 11.4 Å². The highest BCUT2D eigenvalue weighted by Crippen LogP contribution is 2.26. The Balaban J connectivity index is 1.51. The normalized spacial score (nSPS) is 10.9. The van der Waals surface area contributed by atoms with Crippen molar-refractivity contribution >= 4 is 22.3 Å². The van der Waals surface area contributed by atoms with Crippen molar-refractivity contribution in [2.75, 3.05) is 5.32 Å². The lowest BCUT2D eigenvalue weighted by Gasteiger charge is -2.15. The number of hydrogen-bond donors (Lipinski definition) is 1. The molecule has 0 fully saturated rings. The molecule has 5 rings (SSSR count). The fourth-order valence-corrected chi connectivity index (χ4v) is 4.38. The zero-order chi connectivity index (χ0) is 26.1. The van der Waals surface area contributed by atoms with Crippen LogP contribution in [0.25, 0.3) is 16.5 Å². The van der Waals surface area contributed by atoms with Gasteiger partial charge in [0.15, 0.2) is 0 Å². The van der Waals surface area contributed by atoms with Crippen molar-refractivity contribution in [2.45, 2.75) is 20.3 Å². The molecule has 0 radical (unpaired) electrons. The van der Waals surface area contributed by atoms with Crippen molar-refractivity contribution in [1.82, 2.24) is 14.5 Å². The van der Waals surface area contributed by atoms with Crippen LogP contribution < -0.4 is 10.9 Å². The predicted molar refractivity (Wildman–Crippen MR) is 138 cm³/mol. The van der Waals surface area contributed by atoms with Gasteiger partial charge in [0, 0.05) is 35.9 Å². The summed E-state index contributed by atoms with van der Waals surface area (Å²) < 4.78 is 30.0.